The highest BCUT2D eigenvalue weighted by molar-refractivity contribution is 9.10. The fourth-order valence-corrected chi connectivity index (χ4v) is 3.28. The third kappa shape index (κ3) is 2.27. The normalized spacial score (nSPS) is 16.1. The van der Waals surface area contributed by atoms with Crippen molar-refractivity contribution in [1.29, 1.82) is 0 Å². The van der Waals surface area contributed by atoms with Crippen molar-refractivity contribution in [2.24, 2.45) is 0 Å². The molecule has 2 aromatic rings. The molecular weight excluding hydrogens is 311 g/mol. The number of hydrogen-bond acceptors (Lipinski definition) is 1. The number of rotatable bonds is 2. The van der Waals surface area contributed by atoms with Gasteiger partial charge in [0, 0.05) is 5.92 Å². The number of H-pyrrole nitrogens is 1. The molecule has 0 bridgehead atoms. The molecule has 0 aliphatic heterocycles. The Bertz CT molecular complexity index is 638. The van der Waals surface area contributed by atoms with Crippen LogP contribution in [0.2, 0.25) is 0 Å². The first kappa shape index (κ1) is 12.7. The highest BCUT2D eigenvalue weighted by atomic mass is 79.9. The number of halogens is 2. The topological polar surface area (TPSA) is 37.8 Å². The SMILES string of the molecule is O=c1c(Br)c(C2CCCC2)[nH]n1-c1ccc(F)cc1. The second kappa shape index (κ2) is 4.96. The summed E-state index contributed by atoms with van der Waals surface area (Å²) in [6.07, 6.45) is 4.64. The molecule has 1 aromatic carbocycles. The van der Waals surface area contributed by atoms with Gasteiger partial charge in [-0.25, -0.2) is 9.07 Å². The van der Waals surface area contributed by atoms with E-state index in [1.54, 1.807) is 12.1 Å². The molecule has 5 heteroatoms. The molecule has 0 spiro atoms. The van der Waals surface area contributed by atoms with Crippen molar-refractivity contribution in [3.63, 3.8) is 0 Å². The molecular formula is C14H14BrFN2O. The third-order valence-corrected chi connectivity index (χ3v) is 4.47. The average molecular weight is 325 g/mol. The molecule has 1 aliphatic carbocycles. The Morgan fingerprint density at radius 1 is 1.21 bits per heavy atom. The zero-order valence-electron chi connectivity index (χ0n) is 10.3. The van der Waals surface area contributed by atoms with E-state index in [4.69, 9.17) is 0 Å². The van der Waals surface area contributed by atoms with Gasteiger partial charge >= 0.3 is 0 Å². The molecule has 0 radical (unpaired) electrons. The van der Waals surface area contributed by atoms with E-state index in [9.17, 15) is 9.18 Å². The second-order valence-electron chi connectivity index (χ2n) is 4.94. The summed E-state index contributed by atoms with van der Waals surface area (Å²) >= 11 is 3.38. The lowest BCUT2D eigenvalue weighted by Gasteiger charge is -2.07. The lowest BCUT2D eigenvalue weighted by Crippen LogP contribution is -2.14. The molecule has 1 fully saturated rings. The van der Waals surface area contributed by atoms with E-state index < -0.39 is 0 Å². The van der Waals surface area contributed by atoms with Gasteiger partial charge in [0.25, 0.3) is 5.56 Å². The Hall–Kier alpha value is -1.36. The van der Waals surface area contributed by atoms with Crippen molar-refractivity contribution in [2.75, 3.05) is 0 Å². The molecule has 1 heterocycles. The maximum Gasteiger partial charge on any atom is 0.285 e. The van der Waals surface area contributed by atoms with E-state index in [1.807, 2.05) is 0 Å². The first-order valence-corrected chi connectivity index (χ1v) is 7.22. The van der Waals surface area contributed by atoms with Gasteiger partial charge < -0.3 is 0 Å². The maximum absolute atomic E-state index is 12.9. The molecule has 0 amide bonds. The molecule has 0 unspecified atom stereocenters. The zero-order valence-corrected chi connectivity index (χ0v) is 11.9. The number of nitrogens with one attached hydrogen (secondary N) is 1. The van der Waals surface area contributed by atoms with Crippen molar-refractivity contribution in [3.05, 3.63) is 50.6 Å². The summed E-state index contributed by atoms with van der Waals surface area (Å²) in [5.74, 6) is 0.113. The smallest absolute Gasteiger partial charge is 0.285 e. The van der Waals surface area contributed by atoms with E-state index in [0.29, 0.717) is 16.1 Å². The molecule has 19 heavy (non-hydrogen) atoms. The summed E-state index contributed by atoms with van der Waals surface area (Å²) in [6.45, 7) is 0. The fraction of sp³-hybridized carbons (Fsp3) is 0.357. The molecule has 1 saturated carbocycles. The van der Waals surface area contributed by atoms with E-state index in [2.05, 4.69) is 21.0 Å². The fourth-order valence-electron chi connectivity index (χ4n) is 2.69. The number of nitrogens with zero attached hydrogens (tertiary/aromatic N) is 1. The number of hydrogen-bond donors (Lipinski definition) is 1. The Morgan fingerprint density at radius 2 is 1.84 bits per heavy atom. The molecule has 1 aromatic heterocycles. The van der Waals surface area contributed by atoms with Gasteiger partial charge in [-0.3, -0.25) is 9.89 Å². The number of aromatic amines is 1. The molecule has 3 rings (SSSR count). The first-order valence-electron chi connectivity index (χ1n) is 6.43. The van der Waals surface area contributed by atoms with Crippen LogP contribution < -0.4 is 5.56 Å². The predicted octanol–water partition coefficient (Wildman–Crippen LogP) is 3.72. The van der Waals surface area contributed by atoms with E-state index in [0.717, 1.165) is 18.5 Å². The van der Waals surface area contributed by atoms with Gasteiger partial charge in [-0.1, -0.05) is 12.8 Å². The third-order valence-electron chi connectivity index (χ3n) is 3.71. The van der Waals surface area contributed by atoms with Gasteiger partial charge in [0.15, 0.2) is 0 Å². The number of benzene rings is 1. The Balaban J connectivity index is 2.05. The van der Waals surface area contributed by atoms with Crippen LogP contribution in [0.4, 0.5) is 4.39 Å². The Kier molecular flexibility index (Phi) is 3.31. The maximum atomic E-state index is 12.9. The summed E-state index contributed by atoms with van der Waals surface area (Å²) in [4.78, 5) is 12.2. The van der Waals surface area contributed by atoms with Crippen LogP contribution in [0.5, 0.6) is 0 Å². The largest absolute Gasteiger partial charge is 0.294 e. The monoisotopic (exact) mass is 324 g/mol. The molecule has 3 nitrogen and oxygen atoms in total. The molecule has 100 valence electrons. The lowest BCUT2D eigenvalue weighted by atomic mass is 10.1. The van der Waals surface area contributed by atoms with E-state index >= 15 is 0 Å². The summed E-state index contributed by atoms with van der Waals surface area (Å²) in [5, 5.41) is 3.16. The zero-order chi connectivity index (χ0) is 13.4. The van der Waals surface area contributed by atoms with Gasteiger partial charge in [-0.15, -0.1) is 0 Å². The molecule has 0 saturated heterocycles. The molecule has 1 N–H and O–H groups in total. The summed E-state index contributed by atoms with van der Waals surface area (Å²) in [5.41, 5.74) is 1.50. The van der Waals surface area contributed by atoms with Crippen LogP contribution in [0.15, 0.2) is 33.5 Å². The number of aromatic nitrogens is 2. The van der Waals surface area contributed by atoms with Crippen LogP contribution in [0.1, 0.15) is 37.3 Å². The second-order valence-corrected chi connectivity index (χ2v) is 5.73. The van der Waals surface area contributed by atoms with Gasteiger partial charge in [0.2, 0.25) is 0 Å². The highest BCUT2D eigenvalue weighted by Crippen LogP contribution is 2.35. The molecule has 0 atom stereocenters. The molecule has 1 aliphatic rings. The van der Waals surface area contributed by atoms with Crippen LogP contribution in [-0.2, 0) is 0 Å². The Labute approximate surface area is 118 Å². The minimum atomic E-state index is -0.307. The van der Waals surface area contributed by atoms with E-state index in [1.165, 1.54) is 29.7 Å². The average Bonchev–Trinajstić information content (AvgIpc) is 3.02. The summed E-state index contributed by atoms with van der Waals surface area (Å²) in [6, 6.07) is 5.90. The lowest BCUT2D eigenvalue weighted by molar-refractivity contribution is 0.626. The minimum absolute atomic E-state index is 0.117. The summed E-state index contributed by atoms with van der Waals surface area (Å²) < 4.78 is 15.0. The minimum Gasteiger partial charge on any atom is -0.294 e. The predicted molar refractivity (Wildman–Crippen MR) is 75.3 cm³/mol. The Morgan fingerprint density at radius 3 is 2.47 bits per heavy atom. The standard InChI is InChI=1S/C14H14BrFN2O/c15-12-13(9-3-1-2-4-9)17-18(14(12)19)11-7-5-10(16)6-8-11/h5-9,17H,1-4H2. The van der Waals surface area contributed by atoms with Crippen molar-refractivity contribution >= 4 is 15.9 Å². The first-order chi connectivity index (χ1) is 9.16. The van der Waals surface area contributed by atoms with Crippen LogP contribution in [0.25, 0.3) is 5.69 Å². The van der Waals surface area contributed by atoms with Crippen molar-refractivity contribution in [3.8, 4) is 5.69 Å². The van der Waals surface area contributed by atoms with Crippen molar-refractivity contribution < 1.29 is 4.39 Å². The van der Waals surface area contributed by atoms with Crippen LogP contribution in [-0.4, -0.2) is 9.78 Å². The van der Waals surface area contributed by atoms with Crippen LogP contribution in [0.3, 0.4) is 0 Å². The summed E-state index contributed by atoms with van der Waals surface area (Å²) in [7, 11) is 0. The van der Waals surface area contributed by atoms with Crippen molar-refractivity contribution in [1.82, 2.24) is 9.78 Å². The van der Waals surface area contributed by atoms with Gasteiger partial charge in [-0.2, -0.15) is 0 Å². The quantitative estimate of drug-likeness (QED) is 0.898. The van der Waals surface area contributed by atoms with E-state index in [-0.39, 0.29) is 11.4 Å². The van der Waals surface area contributed by atoms with Gasteiger partial charge in [-0.05, 0) is 53.0 Å². The van der Waals surface area contributed by atoms with Gasteiger partial charge in [0.05, 0.1) is 11.4 Å². The van der Waals surface area contributed by atoms with Crippen LogP contribution >= 0.6 is 15.9 Å². The van der Waals surface area contributed by atoms with Crippen molar-refractivity contribution in [2.45, 2.75) is 31.6 Å². The van der Waals surface area contributed by atoms with Gasteiger partial charge in [0.1, 0.15) is 10.3 Å². The van der Waals surface area contributed by atoms with Crippen LogP contribution in [0, 0.1) is 5.82 Å². The highest BCUT2D eigenvalue weighted by Gasteiger charge is 2.24.